The third-order valence-electron chi connectivity index (χ3n) is 2.17. The van der Waals surface area contributed by atoms with E-state index in [9.17, 15) is 23.7 Å². The van der Waals surface area contributed by atoms with Crippen molar-refractivity contribution in [2.24, 2.45) is 0 Å². The Balaban J connectivity index is 2.78. The van der Waals surface area contributed by atoms with Crippen molar-refractivity contribution in [3.63, 3.8) is 0 Å². The van der Waals surface area contributed by atoms with Crippen LogP contribution in [0.1, 0.15) is 6.42 Å². The zero-order valence-corrected chi connectivity index (χ0v) is 9.50. The van der Waals surface area contributed by atoms with E-state index in [0.29, 0.717) is 12.1 Å². The van der Waals surface area contributed by atoms with Gasteiger partial charge in [-0.2, -0.15) is 0 Å². The number of nitrogens with one attached hydrogen (secondary N) is 2. The average Bonchev–Trinajstić information content (AvgIpc) is 2.31. The first-order valence-corrected chi connectivity index (χ1v) is 5.03. The van der Waals surface area contributed by atoms with Crippen molar-refractivity contribution in [3.05, 3.63) is 33.9 Å². The summed E-state index contributed by atoms with van der Waals surface area (Å²) in [5, 5.41) is 15.1. The molecule has 0 aliphatic rings. The number of benzene rings is 1. The first-order valence-electron chi connectivity index (χ1n) is 5.03. The third kappa shape index (κ3) is 3.37. The van der Waals surface area contributed by atoms with E-state index in [2.05, 4.69) is 10.6 Å². The third-order valence-corrected chi connectivity index (χ3v) is 2.17. The number of anilines is 1. The van der Waals surface area contributed by atoms with Gasteiger partial charge in [0.1, 0.15) is 5.69 Å². The minimum Gasteiger partial charge on any atom is -0.380 e. The Bertz CT molecular complexity index is 456. The largest absolute Gasteiger partial charge is 0.380 e. The van der Waals surface area contributed by atoms with Crippen LogP contribution in [-0.4, -0.2) is 24.4 Å². The Morgan fingerprint density at radius 1 is 1.39 bits per heavy atom. The van der Waals surface area contributed by atoms with E-state index >= 15 is 0 Å². The normalized spacial score (nSPS) is 9.94. The molecule has 18 heavy (non-hydrogen) atoms. The number of halogens is 2. The molecule has 0 atom stereocenters. The van der Waals surface area contributed by atoms with Gasteiger partial charge in [-0.05, 0) is 0 Å². The molecule has 1 rings (SSSR count). The second kappa shape index (κ2) is 5.89. The number of nitro groups is 1. The summed E-state index contributed by atoms with van der Waals surface area (Å²) in [6.45, 7) is 0.0192. The molecule has 0 unspecified atom stereocenters. The number of non-ortho nitro benzene ring substituents is 1. The van der Waals surface area contributed by atoms with E-state index in [1.807, 2.05) is 0 Å². The molecule has 0 saturated carbocycles. The number of amides is 1. The number of hydrogen-bond acceptors (Lipinski definition) is 4. The summed E-state index contributed by atoms with van der Waals surface area (Å²) in [4.78, 5) is 20.4. The fourth-order valence-corrected chi connectivity index (χ4v) is 1.26. The van der Waals surface area contributed by atoms with Gasteiger partial charge in [0.15, 0.2) is 11.6 Å². The molecule has 0 radical (unpaired) electrons. The van der Waals surface area contributed by atoms with Crippen molar-refractivity contribution in [2.45, 2.75) is 6.42 Å². The maximum Gasteiger partial charge on any atom is 0.275 e. The molecular weight excluding hydrogens is 248 g/mol. The summed E-state index contributed by atoms with van der Waals surface area (Å²) in [6.07, 6.45) is 0.0341. The van der Waals surface area contributed by atoms with Crippen molar-refractivity contribution in [3.8, 4) is 0 Å². The monoisotopic (exact) mass is 259 g/mol. The Labute approximate surface area is 101 Å². The fraction of sp³-hybridized carbons (Fsp3) is 0.300. The number of nitro benzene ring substituents is 1. The van der Waals surface area contributed by atoms with Crippen LogP contribution < -0.4 is 10.6 Å². The highest BCUT2D eigenvalue weighted by Crippen LogP contribution is 2.24. The minimum atomic E-state index is -1.07. The quantitative estimate of drug-likeness (QED) is 0.618. The van der Waals surface area contributed by atoms with Crippen molar-refractivity contribution < 1.29 is 18.5 Å². The summed E-state index contributed by atoms with van der Waals surface area (Å²) in [7, 11) is 1.44. The van der Waals surface area contributed by atoms with Crippen molar-refractivity contribution in [1.29, 1.82) is 0 Å². The van der Waals surface area contributed by atoms with Crippen molar-refractivity contribution in [2.75, 3.05) is 18.9 Å². The van der Waals surface area contributed by atoms with Crippen molar-refractivity contribution >= 4 is 17.3 Å². The topological polar surface area (TPSA) is 84.3 Å². The van der Waals surface area contributed by atoms with Crippen LogP contribution in [0.25, 0.3) is 0 Å². The molecule has 0 aromatic heterocycles. The van der Waals surface area contributed by atoms with Crippen LogP contribution >= 0.6 is 0 Å². The molecule has 8 heteroatoms. The van der Waals surface area contributed by atoms with Crippen LogP contribution in [0.15, 0.2) is 12.1 Å². The van der Waals surface area contributed by atoms with E-state index in [1.54, 1.807) is 0 Å². The van der Waals surface area contributed by atoms with Gasteiger partial charge in [-0.1, -0.05) is 0 Å². The predicted octanol–water partition coefficient (Wildman–Crippen LogP) is 1.42. The lowest BCUT2D eigenvalue weighted by Gasteiger charge is -2.08. The number of hydrogen-bond donors (Lipinski definition) is 2. The number of nitrogens with zero attached hydrogens (tertiary/aromatic N) is 1. The molecule has 0 aliphatic heterocycles. The SMILES string of the molecule is CNC(=O)CCNc1c(F)cc([N+](=O)[O-])cc1F. The Kier molecular flexibility index (Phi) is 4.52. The lowest BCUT2D eigenvalue weighted by Crippen LogP contribution is -2.21. The summed E-state index contributed by atoms with van der Waals surface area (Å²) in [5.74, 6) is -2.43. The lowest BCUT2D eigenvalue weighted by atomic mass is 10.2. The summed E-state index contributed by atoms with van der Waals surface area (Å²) in [5.41, 5.74) is -1.15. The van der Waals surface area contributed by atoms with Gasteiger partial charge in [0.05, 0.1) is 17.1 Å². The Hall–Kier alpha value is -2.25. The van der Waals surface area contributed by atoms with Gasteiger partial charge in [-0.25, -0.2) is 8.78 Å². The molecule has 98 valence electrons. The highest BCUT2D eigenvalue weighted by Gasteiger charge is 2.16. The second-order valence-electron chi connectivity index (χ2n) is 3.39. The van der Waals surface area contributed by atoms with E-state index in [0.717, 1.165) is 0 Å². The summed E-state index contributed by atoms with van der Waals surface area (Å²) < 4.78 is 26.7. The van der Waals surface area contributed by atoms with Gasteiger partial charge in [0.25, 0.3) is 5.69 Å². The molecule has 0 fully saturated rings. The molecule has 2 N–H and O–H groups in total. The average molecular weight is 259 g/mol. The Morgan fingerprint density at radius 3 is 2.39 bits per heavy atom. The fourth-order valence-electron chi connectivity index (χ4n) is 1.26. The molecular formula is C10H11F2N3O3. The second-order valence-corrected chi connectivity index (χ2v) is 3.39. The number of carbonyl (C=O) groups is 1. The maximum absolute atomic E-state index is 13.4. The van der Waals surface area contributed by atoms with Gasteiger partial charge in [-0.15, -0.1) is 0 Å². The first-order chi connectivity index (χ1) is 8.45. The minimum absolute atomic E-state index is 0.0192. The predicted molar refractivity (Wildman–Crippen MR) is 60.2 cm³/mol. The molecule has 1 amide bonds. The zero-order chi connectivity index (χ0) is 13.7. The van der Waals surface area contributed by atoms with E-state index in [-0.39, 0.29) is 18.9 Å². The highest BCUT2D eigenvalue weighted by atomic mass is 19.1. The standard InChI is InChI=1S/C10H11F2N3O3/c1-13-9(16)2-3-14-10-7(11)4-6(15(17)18)5-8(10)12/h4-5,14H,2-3H2,1H3,(H,13,16). The van der Waals surface area contributed by atoms with Gasteiger partial charge < -0.3 is 10.6 Å². The summed E-state index contributed by atoms with van der Waals surface area (Å²) in [6, 6.07) is 1.23. The Morgan fingerprint density at radius 2 is 1.94 bits per heavy atom. The van der Waals surface area contributed by atoms with Gasteiger partial charge in [0, 0.05) is 20.0 Å². The zero-order valence-electron chi connectivity index (χ0n) is 9.50. The maximum atomic E-state index is 13.4. The molecule has 0 aliphatic carbocycles. The van der Waals surface area contributed by atoms with Crippen LogP contribution in [0.2, 0.25) is 0 Å². The molecule has 0 heterocycles. The van der Waals surface area contributed by atoms with Crippen LogP contribution in [-0.2, 0) is 4.79 Å². The molecule has 0 bridgehead atoms. The van der Waals surface area contributed by atoms with Crippen LogP contribution in [0.3, 0.4) is 0 Å². The molecule has 0 spiro atoms. The lowest BCUT2D eigenvalue weighted by molar-refractivity contribution is -0.385. The molecule has 0 saturated heterocycles. The highest BCUT2D eigenvalue weighted by molar-refractivity contribution is 5.76. The van der Waals surface area contributed by atoms with Crippen LogP contribution in [0.5, 0.6) is 0 Å². The number of carbonyl (C=O) groups excluding carboxylic acids is 1. The van der Waals surface area contributed by atoms with E-state index in [1.165, 1.54) is 7.05 Å². The van der Waals surface area contributed by atoms with Crippen LogP contribution in [0.4, 0.5) is 20.2 Å². The molecule has 1 aromatic carbocycles. The van der Waals surface area contributed by atoms with E-state index in [4.69, 9.17) is 0 Å². The number of rotatable bonds is 5. The molecule has 1 aromatic rings. The van der Waals surface area contributed by atoms with Crippen molar-refractivity contribution in [1.82, 2.24) is 5.32 Å². The smallest absolute Gasteiger partial charge is 0.275 e. The van der Waals surface area contributed by atoms with Gasteiger partial charge >= 0.3 is 0 Å². The molecule has 6 nitrogen and oxygen atoms in total. The van der Waals surface area contributed by atoms with Gasteiger partial charge in [0.2, 0.25) is 5.91 Å². The van der Waals surface area contributed by atoms with E-state index < -0.39 is 27.9 Å². The van der Waals surface area contributed by atoms with Gasteiger partial charge in [-0.3, -0.25) is 14.9 Å². The summed E-state index contributed by atoms with van der Waals surface area (Å²) >= 11 is 0. The van der Waals surface area contributed by atoms with Crippen LogP contribution in [0, 0.1) is 21.7 Å². The first kappa shape index (κ1) is 13.8.